The van der Waals surface area contributed by atoms with Gasteiger partial charge in [0, 0.05) is 18.3 Å². The molecule has 1 aromatic heterocycles. The van der Waals surface area contributed by atoms with Crippen molar-refractivity contribution < 1.29 is 17.6 Å². The number of rotatable bonds is 3. The Balaban J connectivity index is 2.20. The number of pyridine rings is 1. The quantitative estimate of drug-likeness (QED) is 0.878. The van der Waals surface area contributed by atoms with Crippen molar-refractivity contribution in [2.24, 2.45) is 0 Å². The molecule has 2 aromatic rings. The van der Waals surface area contributed by atoms with Crippen molar-refractivity contribution in [3.63, 3.8) is 0 Å². The third kappa shape index (κ3) is 3.48. The number of nitrogens with one attached hydrogen (secondary N) is 1. The highest BCUT2D eigenvalue weighted by Crippen LogP contribution is 2.33. The number of alkyl halides is 3. The second-order valence-corrected chi connectivity index (χ2v) is 4.17. The van der Waals surface area contributed by atoms with Crippen molar-refractivity contribution in [2.45, 2.75) is 12.7 Å². The lowest BCUT2D eigenvalue weighted by Gasteiger charge is -2.13. The highest BCUT2D eigenvalue weighted by Gasteiger charge is 2.34. The Labute approximate surface area is 117 Å². The number of hydrogen-bond acceptors (Lipinski definition) is 3. The van der Waals surface area contributed by atoms with Gasteiger partial charge < -0.3 is 5.32 Å². The molecule has 3 nitrogen and oxygen atoms in total. The Morgan fingerprint density at radius 2 is 2.00 bits per heavy atom. The van der Waals surface area contributed by atoms with Crippen LogP contribution >= 0.6 is 0 Å². The smallest absolute Gasteiger partial charge is 0.365 e. The lowest BCUT2D eigenvalue weighted by Crippen LogP contribution is -2.12. The van der Waals surface area contributed by atoms with Gasteiger partial charge in [0.15, 0.2) is 0 Å². The van der Waals surface area contributed by atoms with Crippen LogP contribution in [0.1, 0.15) is 16.7 Å². The van der Waals surface area contributed by atoms with E-state index in [-0.39, 0.29) is 23.5 Å². The van der Waals surface area contributed by atoms with E-state index in [1.165, 1.54) is 24.4 Å². The van der Waals surface area contributed by atoms with E-state index in [1.54, 1.807) is 6.07 Å². The fraction of sp³-hybridized carbons (Fsp3) is 0.143. The summed E-state index contributed by atoms with van der Waals surface area (Å²) in [5.74, 6) is -1.03. The van der Waals surface area contributed by atoms with Gasteiger partial charge in [0.2, 0.25) is 0 Å². The summed E-state index contributed by atoms with van der Waals surface area (Å²) >= 11 is 0. The average molecular weight is 295 g/mol. The van der Waals surface area contributed by atoms with E-state index >= 15 is 0 Å². The molecular weight excluding hydrogens is 286 g/mol. The second-order valence-electron chi connectivity index (χ2n) is 4.17. The summed E-state index contributed by atoms with van der Waals surface area (Å²) in [5, 5.41) is 11.1. The van der Waals surface area contributed by atoms with Gasteiger partial charge >= 0.3 is 6.18 Å². The maximum Gasteiger partial charge on any atom is 0.419 e. The lowest BCUT2D eigenvalue weighted by atomic mass is 10.1. The van der Waals surface area contributed by atoms with E-state index in [2.05, 4.69) is 10.3 Å². The van der Waals surface area contributed by atoms with Gasteiger partial charge in [-0.25, -0.2) is 9.37 Å². The highest BCUT2D eigenvalue weighted by atomic mass is 19.4. The third-order valence-corrected chi connectivity index (χ3v) is 2.74. The van der Waals surface area contributed by atoms with Gasteiger partial charge in [-0.2, -0.15) is 18.4 Å². The molecule has 0 saturated heterocycles. The normalized spacial score (nSPS) is 11.0. The monoisotopic (exact) mass is 295 g/mol. The van der Waals surface area contributed by atoms with E-state index in [1.807, 2.05) is 0 Å². The number of nitrogens with zero attached hydrogens (tertiary/aromatic N) is 2. The zero-order valence-electron chi connectivity index (χ0n) is 10.6. The Morgan fingerprint density at radius 1 is 1.24 bits per heavy atom. The molecule has 0 unspecified atom stereocenters. The number of hydrogen-bond donors (Lipinski definition) is 1. The lowest BCUT2D eigenvalue weighted by molar-refractivity contribution is -0.137. The SMILES string of the molecule is N#Cc1ccc(CNc2ncccc2C(F)(F)F)c(F)c1. The van der Waals surface area contributed by atoms with Crippen LogP contribution < -0.4 is 5.32 Å². The molecule has 2 rings (SSSR count). The van der Waals surface area contributed by atoms with Gasteiger partial charge in [0.1, 0.15) is 11.6 Å². The summed E-state index contributed by atoms with van der Waals surface area (Å²) in [5.41, 5.74) is -0.628. The van der Waals surface area contributed by atoms with Crippen molar-refractivity contribution in [2.75, 3.05) is 5.32 Å². The zero-order chi connectivity index (χ0) is 15.5. The van der Waals surface area contributed by atoms with Crippen LogP contribution in [0.25, 0.3) is 0 Å². The molecule has 0 bridgehead atoms. The van der Waals surface area contributed by atoms with E-state index in [0.29, 0.717) is 0 Å². The standard InChI is InChI=1S/C14H9F4N3/c15-12-6-9(7-19)3-4-10(12)8-21-13-11(14(16,17)18)2-1-5-20-13/h1-6H,8H2,(H,20,21). The van der Waals surface area contributed by atoms with Crippen LogP contribution in [0.15, 0.2) is 36.5 Å². The Kier molecular flexibility index (Phi) is 4.08. The van der Waals surface area contributed by atoms with Gasteiger partial charge in [0.05, 0.1) is 17.2 Å². The van der Waals surface area contributed by atoms with E-state index in [4.69, 9.17) is 5.26 Å². The molecule has 0 fully saturated rings. The van der Waals surface area contributed by atoms with Crippen molar-refractivity contribution in [1.82, 2.24) is 4.98 Å². The summed E-state index contributed by atoms with van der Waals surface area (Å²) < 4.78 is 51.9. The fourth-order valence-corrected chi connectivity index (χ4v) is 1.71. The van der Waals surface area contributed by atoms with Crippen LogP contribution in [0.3, 0.4) is 0 Å². The van der Waals surface area contributed by atoms with Crippen LogP contribution in [-0.4, -0.2) is 4.98 Å². The van der Waals surface area contributed by atoms with Crippen molar-refractivity contribution in [3.8, 4) is 6.07 Å². The van der Waals surface area contributed by atoms with Gasteiger partial charge in [-0.3, -0.25) is 0 Å². The predicted molar refractivity (Wildman–Crippen MR) is 67.7 cm³/mol. The van der Waals surface area contributed by atoms with Gasteiger partial charge in [0.25, 0.3) is 0 Å². The van der Waals surface area contributed by atoms with Crippen LogP contribution in [0.4, 0.5) is 23.4 Å². The Hall–Kier alpha value is -2.62. The number of benzene rings is 1. The van der Waals surface area contributed by atoms with Crippen LogP contribution in [0.5, 0.6) is 0 Å². The first-order valence-electron chi connectivity index (χ1n) is 5.86. The topological polar surface area (TPSA) is 48.7 Å². The molecule has 0 atom stereocenters. The largest absolute Gasteiger partial charge is 0.419 e. The van der Waals surface area contributed by atoms with Gasteiger partial charge in [-0.1, -0.05) is 6.07 Å². The molecule has 1 heterocycles. The fourth-order valence-electron chi connectivity index (χ4n) is 1.71. The summed E-state index contributed by atoms with van der Waals surface area (Å²) in [4.78, 5) is 3.62. The second kappa shape index (κ2) is 5.79. The molecule has 0 aliphatic rings. The highest BCUT2D eigenvalue weighted by molar-refractivity contribution is 5.46. The molecule has 0 aliphatic carbocycles. The minimum atomic E-state index is -4.54. The Morgan fingerprint density at radius 3 is 2.62 bits per heavy atom. The van der Waals surface area contributed by atoms with Crippen molar-refractivity contribution in [3.05, 3.63) is 59.0 Å². The van der Waals surface area contributed by atoms with Crippen LogP contribution in [0, 0.1) is 17.1 Å². The van der Waals surface area contributed by atoms with Crippen molar-refractivity contribution >= 4 is 5.82 Å². The molecule has 0 spiro atoms. The first-order chi connectivity index (χ1) is 9.91. The molecule has 0 saturated carbocycles. The molecule has 0 amide bonds. The summed E-state index contributed by atoms with van der Waals surface area (Å²) in [6, 6.07) is 7.61. The maximum atomic E-state index is 13.6. The van der Waals surface area contributed by atoms with Gasteiger partial charge in [-0.15, -0.1) is 0 Å². The minimum absolute atomic E-state index is 0.144. The molecule has 1 aromatic carbocycles. The number of anilines is 1. The molecule has 0 aliphatic heterocycles. The first kappa shape index (κ1) is 14.8. The van der Waals surface area contributed by atoms with Crippen LogP contribution in [0.2, 0.25) is 0 Å². The first-order valence-corrected chi connectivity index (χ1v) is 5.86. The molecule has 108 valence electrons. The van der Waals surface area contributed by atoms with Crippen LogP contribution in [-0.2, 0) is 12.7 Å². The number of nitriles is 1. The number of halogens is 4. The molecule has 7 heteroatoms. The van der Waals surface area contributed by atoms with Gasteiger partial charge in [-0.05, 0) is 24.3 Å². The predicted octanol–water partition coefficient (Wildman–Crippen LogP) is 3.72. The summed E-state index contributed by atoms with van der Waals surface area (Å²) in [7, 11) is 0. The maximum absolute atomic E-state index is 13.6. The van der Waals surface area contributed by atoms with E-state index < -0.39 is 17.6 Å². The molecule has 21 heavy (non-hydrogen) atoms. The summed E-state index contributed by atoms with van der Waals surface area (Å²) in [6.45, 7) is -0.169. The molecule has 0 radical (unpaired) electrons. The van der Waals surface area contributed by atoms with E-state index in [0.717, 1.165) is 12.1 Å². The Bertz CT molecular complexity index is 689. The number of aromatic nitrogens is 1. The summed E-state index contributed by atoms with van der Waals surface area (Å²) in [6.07, 6.45) is -3.33. The average Bonchev–Trinajstić information content (AvgIpc) is 2.45. The molecular formula is C14H9F4N3. The zero-order valence-corrected chi connectivity index (χ0v) is 10.6. The van der Waals surface area contributed by atoms with Crippen molar-refractivity contribution in [1.29, 1.82) is 5.26 Å². The third-order valence-electron chi connectivity index (χ3n) is 2.74. The minimum Gasteiger partial charge on any atom is -0.365 e. The molecule has 1 N–H and O–H groups in total. The van der Waals surface area contributed by atoms with E-state index in [9.17, 15) is 17.6 Å².